The third-order valence-electron chi connectivity index (χ3n) is 10.3. The fourth-order valence-corrected chi connectivity index (χ4v) is 8.67. The van der Waals surface area contributed by atoms with Gasteiger partial charge >= 0.3 is 0 Å². The van der Waals surface area contributed by atoms with Crippen LogP contribution in [0.1, 0.15) is 126 Å². The van der Waals surface area contributed by atoms with E-state index in [1.54, 1.807) is 5.57 Å². The molecule has 4 aliphatic carbocycles. The monoisotopic (exact) mass is 430 g/mol. The van der Waals surface area contributed by atoms with Crippen LogP contribution >= 0.6 is 0 Å². The predicted molar refractivity (Wildman–Crippen MR) is 135 cm³/mol. The van der Waals surface area contributed by atoms with Crippen molar-refractivity contribution in [3.05, 3.63) is 11.6 Å². The zero-order valence-electron chi connectivity index (χ0n) is 22.1. The Hall–Kier alpha value is -0.300. The molecule has 180 valence electrons. The van der Waals surface area contributed by atoms with Crippen LogP contribution in [0.2, 0.25) is 0 Å². The fraction of sp³-hybridized carbons (Fsp3) is 0.933. The molecule has 0 bridgehead atoms. The summed E-state index contributed by atoms with van der Waals surface area (Å²) in [6, 6.07) is 0. The van der Waals surface area contributed by atoms with Gasteiger partial charge in [0.05, 0.1) is 6.10 Å². The third kappa shape index (κ3) is 4.97. The van der Waals surface area contributed by atoms with E-state index in [0.29, 0.717) is 10.8 Å². The molecule has 4 rings (SSSR count). The van der Waals surface area contributed by atoms with E-state index in [4.69, 9.17) is 0 Å². The number of hydrogen-bond acceptors (Lipinski definition) is 1. The van der Waals surface area contributed by atoms with E-state index in [1.165, 1.54) is 64.2 Å². The molecule has 0 heterocycles. The molecule has 0 aliphatic heterocycles. The highest BCUT2D eigenvalue weighted by atomic mass is 16.3. The van der Waals surface area contributed by atoms with Gasteiger partial charge in [0.15, 0.2) is 0 Å². The molecule has 0 aromatic carbocycles. The Morgan fingerprint density at radius 2 is 1.68 bits per heavy atom. The number of fused-ring (bicyclic) bond motifs is 5. The summed E-state index contributed by atoms with van der Waals surface area (Å²) in [6.07, 6.45) is 18.4. The van der Waals surface area contributed by atoms with E-state index in [2.05, 4.69) is 54.5 Å². The lowest BCUT2D eigenvalue weighted by Gasteiger charge is -2.58. The molecule has 3 saturated carbocycles. The van der Waals surface area contributed by atoms with Gasteiger partial charge in [-0.25, -0.2) is 0 Å². The van der Waals surface area contributed by atoms with E-state index in [0.717, 1.165) is 48.3 Å². The molecular formula is C30H54O. The van der Waals surface area contributed by atoms with Crippen molar-refractivity contribution in [3.63, 3.8) is 0 Å². The zero-order chi connectivity index (χ0) is 22.8. The molecule has 0 aromatic rings. The summed E-state index contributed by atoms with van der Waals surface area (Å²) < 4.78 is 0. The molecule has 0 radical (unpaired) electrons. The fourth-order valence-electron chi connectivity index (χ4n) is 8.67. The predicted octanol–water partition coefficient (Wildman–Crippen LogP) is 8.81. The van der Waals surface area contributed by atoms with Crippen LogP contribution in [0.3, 0.4) is 0 Å². The third-order valence-corrected chi connectivity index (χ3v) is 10.3. The minimum absolute atomic E-state index is 0.0766. The summed E-state index contributed by atoms with van der Waals surface area (Å²) in [6.45, 7) is 16.8. The topological polar surface area (TPSA) is 20.2 Å². The highest BCUT2D eigenvalue weighted by Gasteiger charge is 2.59. The summed E-state index contributed by atoms with van der Waals surface area (Å²) in [7, 11) is 0. The molecule has 0 amide bonds. The molecule has 0 saturated heterocycles. The van der Waals surface area contributed by atoms with Gasteiger partial charge in [0.2, 0.25) is 0 Å². The van der Waals surface area contributed by atoms with Crippen molar-refractivity contribution in [3.8, 4) is 0 Å². The average Bonchev–Trinajstić information content (AvgIpc) is 3.06. The van der Waals surface area contributed by atoms with Crippen molar-refractivity contribution in [2.75, 3.05) is 0 Å². The van der Waals surface area contributed by atoms with Gasteiger partial charge in [0.1, 0.15) is 0 Å². The van der Waals surface area contributed by atoms with Crippen LogP contribution in [0.25, 0.3) is 0 Å². The number of allylic oxidation sites excluding steroid dienone is 1. The summed E-state index contributed by atoms with van der Waals surface area (Å²) in [5.41, 5.74) is 2.60. The molecule has 3 fully saturated rings. The summed E-state index contributed by atoms with van der Waals surface area (Å²) in [5.74, 6) is 5.46. The Labute approximate surface area is 194 Å². The quantitative estimate of drug-likeness (QED) is 0.432. The Balaban J connectivity index is 0.000000858. The number of aliphatic hydroxyl groups is 1. The van der Waals surface area contributed by atoms with Crippen molar-refractivity contribution in [2.45, 2.75) is 132 Å². The summed E-state index contributed by atoms with van der Waals surface area (Å²) in [5, 5.41) is 10.2. The molecule has 0 spiro atoms. The molecule has 1 nitrogen and oxygen atoms in total. The summed E-state index contributed by atoms with van der Waals surface area (Å²) in [4.78, 5) is 0. The van der Waals surface area contributed by atoms with Gasteiger partial charge in [-0.1, -0.05) is 85.8 Å². The second-order valence-corrected chi connectivity index (χ2v) is 12.9. The first-order chi connectivity index (χ1) is 14.7. The molecule has 1 unspecified atom stereocenters. The van der Waals surface area contributed by atoms with E-state index < -0.39 is 0 Å². The number of aliphatic hydroxyl groups excluding tert-OH is 1. The largest absolute Gasteiger partial charge is 0.393 e. The van der Waals surface area contributed by atoms with E-state index >= 15 is 0 Å². The van der Waals surface area contributed by atoms with Gasteiger partial charge in [-0.05, 0) is 97.7 Å². The molecule has 4 aliphatic rings. The lowest BCUT2D eigenvalue weighted by Crippen LogP contribution is -2.50. The van der Waals surface area contributed by atoms with Crippen molar-refractivity contribution < 1.29 is 5.11 Å². The highest BCUT2D eigenvalue weighted by Crippen LogP contribution is 2.67. The van der Waals surface area contributed by atoms with Crippen LogP contribution in [0.15, 0.2) is 11.6 Å². The van der Waals surface area contributed by atoms with Crippen LogP contribution in [-0.4, -0.2) is 11.2 Å². The second kappa shape index (κ2) is 10.3. The van der Waals surface area contributed by atoms with E-state index in [9.17, 15) is 5.11 Å². The van der Waals surface area contributed by atoms with Gasteiger partial charge in [-0.15, -0.1) is 0 Å². The van der Waals surface area contributed by atoms with E-state index in [1.807, 2.05) is 0 Å². The number of rotatable bonds is 5. The van der Waals surface area contributed by atoms with Gasteiger partial charge in [0, 0.05) is 0 Å². The lowest BCUT2D eigenvalue weighted by atomic mass is 9.47. The van der Waals surface area contributed by atoms with Crippen molar-refractivity contribution >= 4 is 0 Å². The van der Waals surface area contributed by atoms with Gasteiger partial charge in [0.25, 0.3) is 0 Å². The first kappa shape index (κ1) is 25.3. The average molecular weight is 431 g/mol. The Morgan fingerprint density at radius 3 is 2.35 bits per heavy atom. The maximum atomic E-state index is 10.2. The minimum atomic E-state index is -0.0766. The standard InChI is InChI=1S/C27H46O.C3H8/c1-18(2)7-6-8-19(3)23-11-12-24-22-10-9-20-17-21(28)13-15-26(20,4)25(22)14-16-27(23,24)5;1-3-2/h9,18-19,21-25,28H,6-8,10-17H2,1-5H3;3H2,1-2H3/t19?,21-,22-,23+,24-,25-,26-,27+;/m0./s1. The van der Waals surface area contributed by atoms with Crippen LogP contribution in [0.5, 0.6) is 0 Å². The van der Waals surface area contributed by atoms with Crippen LogP contribution in [-0.2, 0) is 0 Å². The normalized spacial score (nSPS) is 42.6. The second-order valence-electron chi connectivity index (χ2n) is 12.9. The maximum Gasteiger partial charge on any atom is 0.0577 e. The highest BCUT2D eigenvalue weighted by molar-refractivity contribution is 5.25. The smallest absolute Gasteiger partial charge is 0.0577 e. The molecule has 31 heavy (non-hydrogen) atoms. The Kier molecular flexibility index (Phi) is 8.43. The zero-order valence-corrected chi connectivity index (χ0v) is 22.1. The summed E-state index contributed by atoms with van der Waals surface area (Å²) >= 11 is 0. The SMILES string of the molecule is CC(C)CCCC(C)[C@H]1CC[C@H]2[C@@H]3CC=C4C[C@@H](O)CC[C@]4(C)[C@H]3CC[C@]12C.CCC. The Bertz CT molecular complexity index is 606. The molecular weight excluding hydrogens is 376 g/mol. The lowest BCUT2D eigenvalue weighted by molar-refractivity contribution is -0.0573. The van der Waals surface area contributed by atoms with Crippen LogP contribution < -0.4 is 0 Å². The maximum absolute atomic E-state index is 10.2. The molecule has 1 N–H and O–H groups in total. The van der Waals surface area contributed by atoms with E-state index in [-0.39, 0.29) is 6.10 Å². The molecule has 1 heteroatoms. The van der Waals surface area contributed by atoms with Crippen molar-refractivity contribution in [1.82, 2.24) is 0 Å². The van der Waals surface area contributed by atoms with Gasteiger partial charge < -0.3 is 5.11 Å². The first-order valence-corrected chi connectivity index (χ1v) is 14.0. The van der Waals surface area contributed by atoms with Crippen molar-refractivity contribution in [1.29, 1.82) is 0 Å². The van der Waals surface area contributed by atoms with Crippen molar-refractivity contribution in [2.24, 2.45) is 46.3 Å². The first-order valence-electron chi connectivity index (χ1n) is 14.0. The van der Waals surface area contributed by atoms with Crippen LogP contribution in [0, 0.1) is 46.3 Å². The Morgan fingerprint density at radius 1 is 0.968 bits per heavy atom. The minimum Gasteiger partial charge on any atom is -0.393 e. The van der Waals surface area contributed by atoms with Crippen LogP contribution in [0.4, 0.5) is 0 Å². The van der Waals surface area contributed by atoms with Gasteiger partial charge in [-0.3, -0.25) is 0 Å². The number of hydrogen-bond donors (Lipinski definition) is 1. The molecule has 0 aromatic heterocycles. The molecule has 8 atom stereocenters. The van der Waals surface area contributed by atoms with Gasteiger partial charge in [-0.2, -0.15) is 0 Å².